The summed E-state index contributed by atoms with van der Waals surface area (Å²) in [5.74, 6) is 1.73. The molecule has 3 rings (SSSR count). The van der Waals surface area contributed by atoms with Gasteiger partial charge in [-0.1, -0.05) is 6.07 Å². The number of hydrogen-bond donors (Lipinski definition) is 1. The van der Waals surface area contributed by atoms with E-state index in [4.69, 9.17) is 9.47 Å². The van der Waals surface area contributed by atoms with Crippen LogP contribution in [0.2, 0.25) is 0 Å². The van der Waals surface area contributed by atoms with Crippen molar-refractivity contribution in [1.29, 1.82) is 0 Å². The molecule has 0 bridgehead atoms. The van der Waals surface area contributed by atoms with Crippen LogP contribution in [0.15, 0.2) is 18.2 Å². The lowest BCUT2D eigenvalue weighted by Crippen LogP contribution is -2.37. The van der Waals surface area contributed by atoms with E-state index >= 15 is 0 Å². The van der Waals surface area contributed by atoms with Crippen LogP contribution in [-0.2, 0) is 0 Å². The Morgan fingerprint density at radius 2 is 2.11 bits per heavy atom. The van der Waals surface area contributed by atoms with Crippen LogP contribution in [0.5, 0.6) is 11.5 Å². The van der Waals surface area contributed by atoms with Gasteiger partial charge >= 0.3 is 0 Å². The molecule has 0 aromatic heterocycles. The van der Waals surface area contributed by atoms with Crippen molar-refractivity contribution in [2.45, 2.75) is 24.9 Å². The lowest BCUT2D eigenvalue weighted by molar-refractivity contribution is 0.173. The first-order valence-corrected chi connectivity index (χ1v) is 6.55. The average Bonchev–Trinajstić information content (AvgIpc) is 2.98. The molecule has 2 unspecified atom stereocenters. The fraction of sp³-hybridized carbons (Fsp3) is 0.571. The molecule has 1 N–H and O–H groups in total. The fourth-order valence-electron chi connectivity index (χ4n) is 2.97. The van der Waals surface area contributed by atoms with Gasteiger partial charge in [0.1, 0.15) is 0 Å². The van der Waals surface area contributed by atoms with Gasteiger partial charge in [0.05, 0.1) is 0 Å². The number of ether oxygens (including phenoxy) is 2. The van der Waals surface area contributed by atoms with Gasteiger partial charge in [-0.2, -0.15) is 0 Å². The highest BCUT2D eigenvalue weighted by Crippen LogP contribution is 2.36. The van der Waals surface area contributed by atoms with E-state index in [1.54, 1.807) is 0 Å². The van der Waals surface area contributed by atoms with Crippen molar-refractivity contribution in [3.63, 3.8) is 0 Å². The molecular formula is C14H20N2O2. The second-order valence-corrected chi connectivity index (χ2v) is 5.22. The number of nitrogens with one attached hydrogen (secondary N) is 1. The first-order chi connectivity index (χ1) is 8.75. The quantitative estimate of drug-likeness (QED) is 0.884. The van der Waals surface area contributed by atoms with Crippen LogP contribution in [0.25, 0.3) is 0 Å². The van der Waals surface area contributed by atoms with Crippen molar-refractivity contribution in [2.24, 2.45) is 0 Å². The predicted molar refractivity (Wildman–Crippen MR) is 70.0 cm³/mol. The molecule has 0 aliphatic carbocycles. The van der Waals surface area contributed by atoms with E-state index in [1.807, 2.05) is 6.07 Å². The molecule has 1 fully saturated rings. The van der Waals surface area contributed by atoms with Crippen molar-refractivity contribution in [2.75, 3.05) is 27.4 Å². The van der Waals surface area contributed by atoms with Crippen molar-refractivity contribution in [1.82, 2.24) is 10.2 Å². The molecule has 1 aromatic rings. The molecule has 0 radical (unpaired) electrons. The second kappa shape index (κ2) is 4.78. The standard InChI is InChI=1S/C14H20N2O2/c1-16(2)14(11-4-3-7-15-11)10-5-6-12-13(8-10)18-9-17-12/h5-6,8,11,14-15H,3-4,7,9H2,1-2H3. The Morgan fingerprint density at radius 3 is 2.83 bits per heavy atom. The van der Waals surface area contributed by atoms with Crippen LogP contribution in [0.3, 0.4) is 0 Å². The Bertz CT molecular complexity index is 428. The molecule has 1 aromatic carbocycles. The van der Waals surface area contributed by atoms with Gasteiger partial charge in [0.25, 0.3) is 0 Å². The van der Waals surface area contributed by atoms with Gasteiger partial charge < -0.3 is 19.7 Å². The van der Waals surface area contributed by atoms with Gasteiger partial charge in [0.2, 0.25) is 6.79 Å². The lowest BCUT2D eigenvalue weighted by Gasteiger charge is -2.30. The molecule has 0 amide bonds. The molecule has 2 aliphatic rings. The summed E-state index contributed by atoms with van der Waals surface area (Å²) in [6.07, 6.45) is 2.50. The third kappa shape index (κ3) is 2.06. The summed E-state index contributed by atoms with van der Waals surface area (Å²) in [6, 6.07) is 7.20. The molecule has 0 saturated carbocycles. The van der Waals surface area contributed by atoms with Crippen molar-refractivity contribution in [3.8, 4) is 11.5 Å². The van der Waals surface area contributed by atoms with Crippen LogP contribution >= 0.6 is 0 Å². The largest absolute Gasteiger partial charge is 0.454 e. The summed E-state index contributed by atoms with van der Waals surface area (Å²) in [5, 5.41) is 3.59. The highest BCUT2D eigenvalue weighted by Gasteiger charge is 2.28. The number of likely N-dealkylation sites (N-methyl/N-ethyl adjacent to an activating group) is 1. The minimum atomic E-state index is 0.340. The zero-order chi connectivity index (χ0) is 12.5. The van der Waals surface area contributed by atoms with E-state index in [2.05, 4.69) is 36.4 Å². The maximum Gasteiger partial charge on any atom is 0.231 e. The maximum absolute atomic E-state index is 5.47. The van der Waals surface area contributed by atoms with Gasteiger partial charge in [-0.25, -0.2) is 0 Å². The van der Waals surface area contributed by atoms with E-state index in [-0.39, 0.29) is 0 Å². The lowest BCUT2D eigenvalue weighted by atomic mass is 9.96. The van der Waals surface area contributed by atoms with Crippen molar-refractivity contribution >= 4 is 0 Å². The molecule has 1 saturated heterocycles. The van der Waals surface area contributed by atoms with Gasteiger partial charge in [-0.05, 0) is 51.2 Å². The zero-order valence-corrected chi connectivity index (χ0v) is 11.0. The molecule has 98 valence electrons. The van der Waals surface area contributed by atoms with Gasteiger partial charge in [-0.15, -0.1) is 0 Å². The van der Waals surface area contributed by atoms with E-state index in [0.717, 1.165) is 18.0 Å². The third-order valence-electron chi connectivity index (χ3n) is 3.77. The monoisotopic (exact) mass is 248 g/mol. The smallest absolute Gasteiger partial charge is 0.231 e. The topological polar surface area (TPSA) is 33.7 Å². The van der Waals surface area contributed by atoms with Crippen LogP contribution in [-0.4, -0.2) is 38.4 Å². The minimum Gasteiger partial charge on any atom is -0.454 e. The second-order valence-electron chi connectivity index (χ2n) is 5.22. The third-order valence-corrected chi connectivity index (χ3v) is 3.77. The summed E-state index contributed by atoms with van der Waals surface area (Å²) >= 11 is 0. The van der Waals surface area contributed by atoms with E-state index < -0.39 is 0 Å². The Labute approximate surface area is 108 Å². The van der Waals surface area contributed by atoms with Crippen LogP contribution in [0.4, 0.5) is 0 Å². The molecule has 0 spiro atoms. The molecule has 2 atom stereocenters. The Balaban J connectivity index is 1.89. The zero-order valence-electron chi connectivity index (χ0n) is 11.0. The molecule has 4 heteroatoms. The number of fused-ring (bicyclic) bond motifs is 1. The molecule has 2 heterocycles. The summed E-state index contributed by atoms with van der Waals surface area (Å²) in [6.45, 7) is 1.46. The predicted octanol–water partition coefficient (Wildman–Crippen LogP) is 1.77. The first-order valence-electron chi connectivity index (χ1n) is 6.55. The molecular weight excluding hydrogens is 228 g/mol. The summed E-state index contributed by atoms with van der Waals surface area (Å²) < 4.78 is 10.8. The molecule has 18 heavy (non-hydrogen) atoms. The van der Waals surface area contributed by atoms with Gasteiger partial charge in [0, 0.05) is 12.1 Å². The van der Waals surface area contributed by atoms with Crippen LogP contribution < -0.4 is 14.8 Å². The number of hydrogen-bond acceptors (Lipinski definition) is 4. The Kier molecular flexibility index (Phi) is 3.14. The van der Waals surface area contributed by atoms with E-state index in [1.165, 1.54) is 18.4 Å². The summed E-state index contributed by atoms with van der Waals surface area (Å²) in [4.78, 5) is 2.28. The van der Waals surface area contributed by atoms with Gasteiger partial charge in [-0.3, -0.25) is 0 Å². The maximum atomic E-state index is 5.47. The van der Waals surface area contributed by atoms with Crippen LogP contribution in [0, 0.1) is 0 Å². The molecule has 2 aliphatic heterocycles. The van der Waals surface area contributed by atoms with Gasteiger partial charge in [0.15, 0.2) is 11.5 Å². The summed E-state index contributed by atoms with van der Waals surface area (Å²) in [7, 11) is 4.27. The number of nitrogens with zero attached hydrogens (tertiary/aromatic N) is 1. The average molecular weight is 248 g/mol. The normalized spacial score (nSPS) is 23.6. The minimum absolute atomic E-state index is 0.340. The van der Waals surface area contributed by atoms with Crippen LogP contribution in [0.1, 0.15) is 24.4 Å². The van der Waals surface area contributed by atoms with Crippen molar-refractivity contribution < 1.29 is 9.47 Å². The first kappa shape index (κ1) is 11.8. The fourth-order valence-corrected chi connectivity index (χ4v) is 2.97. The highest BCUT2D eigenvalue weighted by molar-refractivity contribution is 5.45. The molecule has 4 nitrogen and oxygen atoms in total. The number of rotatable bonds is 3. The Hall–Kier alpha value is -1.26. The number of benzene rings is 1. The Morgan fingerprint density at radius 1 is 1.28 bits per heavy atom. The van der Waals surface area contributed by atoms with E-state index in [9.17, 15) is 0 Å². The van der Waals surface area contributed by atoms with E-state index in [0.29, 0.717) is 18.9 Å². The SMILES string of the molecule is CN(C)C(c1ccc2c(c1)OCO2)C1CCCN1. The highest BCUT2D eigenvalue weighted by atomic mass is 16.7. The van der Waals surface area contributed by atoms with Crippen molar-refractivity contribution in [3.05, 3.63) is 23.8 Å². The summed E-state index contributed by atoms with van der Waals surface area (Å²) in [5.41, 5.74) is 1.30.